The van der Waals surface area contributed by atoms with Gasteiger partial charge < -0.3 is 0 Å². The molecule has 1 aromatic carbocycles. The Hall–Kier alpha value is -1.05. The minimum absolute atomic E-state index is 0. The summed E-state index contributed by atoms with van der Waals surface area (Å²) in [7, 11) is 0. The van der Waals surface area contributed by atoms with Crippen LogP contribution in [0.1, 0.15) is 23.5 Å². The Kier molecular flexibility index (Phi) is 7.26. The Morgan fingerprint density at radius 1 is 1.40 bits per heavy atom. The molecular weight excluding hydrogens is 323 g/mol. The van der Waals surface area contributed by atoms with Crippen LogP contribution in [0, 0.1) is 5.82 Å². The van der Waals surface area contributed by atoms with Crippen molar-refractivity contribution in [3.63, 3.8) is 0 Å². The molecule has 0 aliphatic rings. The fourth-order valence-corrected chi connectivity index (χ4v) is 1.94. The lowest BCUT2D eigenvalue weighted by Crippen LogP contribution is -2.35. The fraction of sp³-hybridized carbons (Fsp3) is 0.364. The first-order chi connectivity index (χ1) is 8.81. The fourth-order valence-electron chi connectivity index (χ4n) is 1.72. The molecule has 0 aromatic heterocycles. The van der Waals surface area contributed by atoms with Gasteiger partial charge in [-0.05, 0) is 30.2 Å². The standard InChI is InChI=1S/C11H11ClF4N2O.ClH/c12-4-3-7(10(19)18-17)8-5-6(13)1-2-9(8)11(14,15)16;/h1-2,5,7H,3-4,17H2,(H,18,19);1H. The molecule has 9 heteroatoms. The molecule has 0 spiro atoms. The summed E-state index contributed by atoms with van der Waals surface area (Å²) in [6, 6.07) is 1.95. The summed E-state index contributed by atoms with van der Waals surface area (Å²) in [6.07, 6.45) is -4.78. The summed E-state index contributed by atoms with van der Waals surface area (Å²) in [6.45, 7) is 0. The predicted molar refractivity (Wildman–Crippen MR) is 69.1 cm³/mol. The van der Waals surface area contributed by atoms with Crippen molar-refractivity contribution in [2.75, 3.05) is 5.88 Å². The smallest absolute Gasteiger partial charge is 0.294 e. The molecule has 0 heterocycles. The van der Waals surface area contributed by atoms with Crippen molar-refractivity contribution in [3.8, 4) is 0 Å². The molecule has 0 saturated carbocycles. The molecule has 1 unspecified atom stereocenters. The summed E-state index contributed by atoms with van der Waals surface area (Å²) in [5, 5.41) is 0. The summed E-state index contributed by atoms with van der Waals surface area (Å²) in [4.78, 5) is 11.5. The summed E-state index contributed by atoms with van der Waals surface area (Å²) < 4.78 is 51.6. The second-order valence-corrected chi connectivity index (χ2v) is 4.15. The van der Waals surface area contributed by atoms with Gasteiger partial charge in [-0.15, -0.1) is 24.0 Å². The number of amides is 1. The number of rotatable bonds is 4. The molecule has 1 amide bonds. The van der Waals surface area contributed by atoms with Gasteiger partial charge in [0.1, 0.15) is 5.82 Å². The van der Waals surface area contributed by atoms with E-state index >= 15 is 0 Å². The van der Waals surface area contributed by atoms with E-state index in [9.17, 15) is 22.4 Å². The van der Waals surface area contributed by atoms with Crippen LogP contribution in [0.25, 0.3) is 0 Å². The van der Waals surface area contributed by atoms with Gasteiger partial charge in [0, 0.05) is 5.88 Å². The molecule has 0 bridgehead atoms. The Morgan fingerprint density at radius 2 is 2.00 bits per heavy atom. The monoisotopic (exact) mass is 334 g/mol. The minimum atomic E-state index is -4.69. The number of hydrogen-bond acceptors (Lipinski definition) is 2. The first kappa shape index (κ1) is 18.9. The van der Waals surface area contributed by atoms with Crippen LogP contribution in [0.2, 0.25) is 0 Å². The molecule has 0 saturated heterocycles. The third-order valence-electron chi connectivity index (χ3n) is 2.55. The Morgan fingerprint density at radius 3 is 2.45 bits per heavy atom. The summed E-state index contributed by atoms with van der Waals surface area (Å²) in [5.41, 5.74) is 0.207. The number of carbonyl (C=O) groups excluding carboxylic acids is 1. The van der Waals surface area contributed by atoms with Gasteiger partial charge >= 0.3 is 6.18 Å². The van der Waals surface area contributed by atoms with Crippen molar-refractivity contribution >= 4 is 29.9 Å². The van der Waals surface area contributed by atoms with Gasteiger partial charge in [-0.2, -0.15) is 13.2 Å². The van der Waals surface area contributed by atoms with E-state index in [2.05, 4.69) is 0 Å². The molecule has 0 radical (unpaired) electrons. The maximum atomic E-state index is 13.1. The van der Waals surface area contributed by atoms with Crippen LogP contribution in [0.5, 0.6) is 0 Å². The van der Waals surface area contributed by atoms with Gasteiger partial charge in [0.05, 0.1) is 11.5 Å². The maximum Gasteiger partial charge on any atom is 0.416 e. The van der Waals surface area contributed by atoms with E-state index in [0.717, 1.165) is 0 Å². The van der Waals surface area contributed by atoms with Crippen LogP contribution in [-0.4, -0.2) is 11.8 Å². The molecule has 3 N–H and O–H groups in total. The van der Waals surface area contributed by atoms with E-state index in [0.29, 0.717) is 18.2 Å². The Labute approximate surface area is 123 Å². The third kappa shape index (κ3) is 4.50. The third-order valence-corrected chi connectivity index (χ3v) is 2.77. The van der Waals surface area contributed by atoms with E-state index < -0.39 is 34.9 Å². The number of carbonyl (C=O) groups is 1. The van der Waals surface area contributed by atoms with Crippen LogP contribution in [0.4, 0.5) is 17.6 Å². The molecule has 1 rings (SSSR count). The highest BCUT2D eigenvalue weighted by molar-refractivity contribution is 6.18. The predicted octanol–water partition coefficient (Wildman–Crippen LogP) is 2.97. The van der Waals surface area contributed by atoms with Gasteiger partial charge in [0.2, 0.25) is 5.91 Å². The lowest BCUT2D eigenvalue weighted by Gasteiger charge is -2.19. The summed E-state index contributed by atoms with van der Waals surface area (Å²) in [5.74, 6) is 1.88. The molecule has 0 aliphatic heterocycles. The zero-order valence-electron chi connectivity index (χ0n) is 10.0. The number of alkyl halides is 4. The topological polar surface area (TPSA) is 55.1 Å². The van der Waals surface area contributed by atoms with Gasteiger partial charge in [-0.3, -0.25) is 10.2 Å². The van der Waals surface area contributed by atoms with Crippen LogP contribution in [0.15, 0.2) is 18.2 Å². The van der Waals surface area contributed by atoms with Crippen molar-refractivity contribution in [2.24, 2.45) is 5.84 Å². The Balaban J connectivity index is 0.00000361. The molecule has 0 aliphatic carbocycles. The van der Waals surface area contributed by atoms with E-state index in [1.165, 1.54) is 0 Å². The average Bonchev–Trinajstić information content (AvgIpc) is 2.33. The van der Waals surface area contributed by atoms with Crippen LogP contribution in [0.3, 0.4) is 0 Å². The highest BCUT2D eigenvalue weighted by Crippen LogP contribution is 2.36. The minimum Gasteiger partial charge on any atom is -0.294 e. The molecule has 1 aromatic rings. The quantitative estimate of drug-likeness (QED) is 0.292. The number of hydrogen-bond donors (Lipinski definition) is 2. The highest BCUT2D eigenvalue weighted by atomic mass is 35.5. The van der Waals surface area contributed by atoms with E-state index in [-0.39, 0.29) is 24.7 Å². The normalized spacial score (nSPS) is 12.5. The van der Waals surface area contributed by atoms with Crippen molar-refractivity contribution < 1.29 is 22.4 Å². The summed E-state index contributed by atoms with van der Waals surface area (Å²) >= 11 is 5.46. The van der Waals surface area contributed by atoms with Gasteiger partial charge in [-0.25, -0.2) is 10.2 Å². The van der Waals surface area contributed by atoms with Crippen LogP contribution < -0.4 is 11.3 Å². The number of hydrazine groups is 1. The van der Waals surface area contributed by atoms with E-state index in [1.807, 2.05) is 0 Å². The zero-order valence-corrected chi connectivity index (χ0v) is 11.6. The van der Waals surface area contributed by atoms with Crippen LogP contribution >= 0.6 is 24.0 Å². The largest absolute Gasteiger partial charge is 0.416 e. The first-order valence-electron chi connectivity index (χ1n) is 5.24. The van der Waals surface area contributed by atoms with E-state index in [4.69, 9.17) is 17.4 Å². The van der Waals surface area contributed by atoms with Crippen molar-refractivity contribution in [2.45, 2.75) is 18.5 Å². The lowest BCUT2D eigenvalue weighted by atomic mass is 9.91. The molecule has 1 atom stereocenters. The zero-order chi connectivity index (χ0) is 14.6. The Bertz CT molecular complexity index is 468. The van der Waals surface area contributed by atoms with Gasteiger partial charge in [-0.1, -0.05) is 0 Å². The first-order valence-corrected chi connectivity index (χ1v) is 5.77. The molecule has 114 valence electrons. The van der Waals surface area contributed by atoms with Crippen molar-refractivity contribution in [1.82, 2.24) is 5.43 Å². The van der Waals surface area contributed by atoms with Crippen molar-refractivity contribution in [1.29, 1.82) is 0 Å². The molecule has 20 heavy (non-hydrogen) atoms. The van der Waals surface area contributed by atoms with Crippen molar-refractivity contribution in [3.05, 3.63) is 35.1 Å². The average molecular weight is 335 g/mol. The van der Waals surface area contributed by atoms with Gasteiger partial charge in [0.25, 0.3) is 0 Å². The molecular formula is C11H12Cl2F4N2O. The van der Waals surface area contributed by atoms with Gasteiger partial charge in [0.15, 0.2) is 0 Å². The highest BCUT2D eigenvalue weighted by Gasteiger charge is 2.36. The van der Waals surface area contributed by atoms with E-state index in [1.54, 1.807) is 5.43 Å². The molecule has 3 nitrogen and oxygen atoms in total. The number of nitrogens with two attached hydrogens (primary N) is 1. The second kappa shape index (κ2) is 7.66. The van der Waals surface area contributed by atoms with Crippen LogP contribution in [-0.2, 0) is 11.0 Å². The SMILES string of the molecule is Cl.NNC(=O)C(CCCl)c1cc(F)ccc1C(F)(F)F. The molecule has 0 fully saturated rings. The maximum absolute atomic E-state index is 13.1. The second-order valence-electron chi connectivity index (χ2n) is 3.77. The number of nitrogens with one attached hydrogen (secondary N) is 1. The number of halogens is 6. The lowest BCUT2D eigenvalue weighted by molar-refractivity contribution is -0.138. The number of benzene rings is 1.